The first kappa shape index (κ1) is 22.4. The van der Waals surface area contributed by atoms with Crippen molar-refractivity contribution >= 4 is 33.2 Å². The van der Waals surface area contributed by atoms with Crippen molar-refractivity contribution in [3.8, 4) is 0 Å². The Labute approximate surface area is 179 Å². The highest BCUT2D eigenvalue weighted by molar-refractivity contribution is 7.92. The lowest BCUT2D eigenvalue weighted by atomic mass is 10.0. The standard InChI is InChI=1S/C21H32ClN3O3S/c1-15(2)21(26)25-9-8-24-13-17-11-18(22)12-20(16(17)3)23-29(27,28)10-6-4-5-7-19(25)14-24/h11-12,15,19,23H,4-10,13-14H2,1-3H3/t19-/m0/s1. The predicted octanol–water partition coefficient (Wildman–Crippen LogP) is 3.63. The number of nitrogens with one attached hydrogen (secondary N) is 1. The topological polar surface area (TPSA) is 69.7 Å². The van der Waals surface area contributed by atoms with Crippen molar-refractivity contribution in [1.29, 1.82) is 0 Å². The summed E-state index contributed by atoms with van der Waals surface area (Å²) in [6.45, 7) is 8.92. The third-order valence-corrected chi connectivity index (χ3v) is 7.51. The Morgan fingerprint density at radius 1 is 1.21 bits per heavy atom. The monoisotopic (exact) mass is 441 g/mol. The van der Waals surface area contributed by atoms with Crippen LogP contribution in [-0.4, -0.2) is 55.6 Å². The summed E-state index contributed by atoms with van der Waals surface area (Å²) in [6, 6.07) is 3.78. The molecule has 8 heteroatoms. The summed E-state index contributed by atoms with van der Waals surface area (Å²) in [4.78, 5) is 17.1. The van der Waals surface area contributed by atoms with Crippen LogP contribution >= 0.6 is 11.6 Å². The number of rotatable bonds is 1. The Morgan fingerprint density at radius 3 is 2.69 bits per heavy atom. The molecule has 1 aromatic carbocycles. The minimum Gasteiger partial charge on any atom is -0.337 e. The van der Waals surface area contributed by atoms with E-state index in [1.807, 2.05) is 31.7 Å². The summed E-state index contributed by atoms with van der Waals surface area (Å²) in [5, 5.41) is 0.528. The highest BCUT2D eigenvalue weighted by atomic mass is 35.5. The Bertz CT molecular complexity index is 857. The SMILES string of the molecule is Cc1c2cc(Cl)cc1NS(=O)(=O)CCCCC[C@H]1CN(CCN1C(=O)C(C)C)C2. The molecule has 3 rings (SSSR count). The molecule has 2 atom stereocenters. The molecule has 4 bridgehead atoms. The molecule has 162 valence electrons. The highest BCUT2D eigenvalue weighted by Gasteiger charge is 2.31. The number of benzene rings is 1. The van der Waals surface area contributed by atoms with Gasteiger partial charge in [-0.1, -0.05) is 38.3 Å². The number of carbonyl (C=O) groups is 1. The van der Waals surface area contributed by atoms with Gasteiger partial charge in [0.15, 0.2) is 0 Å². The summed E-state index contributed by atoms with van der Waals surface area (Å²) in [5.74, 6) is 0.298. The maximum absolute atomic E-state index is 12.7. The number of hydrogen-bond acceptors (Lipinski definition) is 4. The van der Waals surface area contributed by atoms with E-state index in [1.165, 1.54) is 0 Å². The van der Waals surface area contributed by atoms with Gasteiger partial charge in [-0.3, -0.25) is 14.4 Å². The van der Waals surface area contributed by atoms with Crippen LogP contribution in [0.4, 0.5) is 5.69 Å². The van der Waals surface area contributed by atoms with Gasteiger partial charge in [-0.15, -0.1) is 0 Å². The zero-order valence-electron chi connectivity index (χ0n) is 17.6. The second-order valence-electron chi connectivity index (χ2n) is 8.58. The van der Waals surface area contributed by atoms with Gasteiger partial charge in [0, 0.05) is 43.2 Å². The van der Waals surface area contributed by atoms with Crippen molar-refractivity contribution in [3.63, 3.8) is 0 Å². The fourth-order valence-corrected chi connectivity index (χ4v) is 5.72. The van der Waals surface area contributed by atoms with Gasteiger partial charge >= 0.3 is 0 Å². The second kappa shape index (κ2) is 9.23. The summed E-state index contributed by atoms with van der Waals surface area (Å²) in [7, 11) is -3.41. The van der Waals surface area contributed by atoms with E-state index in [0.717, 1.165) is 50.0 Å². The first-order chi connectivity index (χ1) is 13.7. The summed E-state index contributed by atoms with van der Waals surface area (Å²) in [6.07, 6.45) is 3.27. The highest BCUT2D eigenvalue weighted by Crippen LogP contribution is 2.29. The van der Waals surface area contributed by atoms with Crippen molar-refractivity contribution in [1.82, 2.24) is 9.80 Å². The van der Waals surface area contributed by atoms with Crippen molar-refractivity contribution in [2.45, 2.75) is 59.0 Å². The largest absolute Gasteiger partial charge is 0.337 e. The summed E-state index contributed by atoms with van der Waals surface area (Å²) >= 11 is 6.31. The molecule has 0 radical (unpaired) electrons. The quantitative estimate of drug-likeness (QED) is 0.722. The number of carbonyl (C=O) groups excluding carboxylic acids is 1. The Kier molecular flexibility index (Phi) is 7.12. The molecule has 1 amide bonds. The molecule has 1 saturated heterocycles. The average molecular weight is 442 g/mol. The van der Waals surface area contributed by atoms with Crippen LogP contribution in [0.5, 0.6) is 0 Å². The van der Waals surface area contributed by atoms with Crippen molar-refractivity contribution in [2.24, 2.45) is 5.92 Å². The number of fused-ring (bicyclic) bond motifs is 4. The van der Waals surface area contributed by atoms with Crippen LogP contribution in [0.3, 0.4) is 0 Å². The fraction of sp³-hybridized carbons (Fsp3) is 0.667. The lowest BCUT2D eigenvalue weighted by molar-refractivity contribution is -0.139. The molecule has 0 aliphatic carbocycles. The van der Waals surface area contributed by atoms with Crippen molar-refractivity contribution in [2.75, 3.05) is 30.1 Å². The van der Waals surface area contributed by atoms with Crippen LogP contribution in [0.2, 0.25) is 5.02 Å². The maximum Gasteiger partial charge on any atom is 0.232 e. The fourth-order valence-electron chi connectivity index (χ4n) is 4.25. The van der Waals surface area contributed by atoms with E-state index in [0.29, 0.717) is 23.7 Å². The summed E-state index contributed by atoms with van der Waals surface area (Å²) < 4.78 is 27.7. The third kappa shape index (κ3) is 5.64. The number of nitrogens with zero attached hydrogens (tertiary/aromatic N) is 2. The minimum atomic E-state index is -3.41. The third-order valence-electron chi connectivity index (χ3n) is 5.93. The molecule has 1 unspecified atom stereocenters. The first-order valence-corrected chi connectivity index (χ1v) is 12.5. The van der Waals surface area contributed by atoms with Crippen LogP contribution in [0.15, 0.2) is 12.1 Å². The van der Waals surface area contributed by atoms with Crippen LogP contribution in [-0.2, 0) is 21.4 Å². The van der Waals surface area contributed by atoms with Gasteiger partial charge in [0.25, 0.3) is 0 Å². The number of anilines is 1. The van der Waals surface area contributed by atoms with Gasteiger partial charge in [0.2, 0.25) is 15.9 Å². The van der Waals surface area contributed by atoms with Crippen LogP contribution < -0.4 is 4.72 Å². The van der Waals surface area contributed by atoms with E-state index in [9.17, 15) is 13.2 Å². The molecule has 1 aromatic rings. The Hall–Kier alpha value is -1.31. The van der Waals surface area contributed by atoms with Gasteiger partial charge in [-0.2, -0.15) is 0 Å². The van der Waals surface area contributed by atoms with E-state index in [1.54, 1.807) is 6.07 Å². The van der Waals surface area contributed by atoms with E-state index >= 15 is 0 Å². The lowest BCUT2D eigenvalue weighted by Gasteiger charge is -2.42. The Morgan fingerprint density at radius 2 is 1.97 bits per heavy atom. The van der Waals surface area contributed by atoms with Crippen LogP contribution in [0.1, 0.15) is 50.7 Å². The number of amides is 1. The lowest BCUT2D eigenvalue weighted by Crippen LogP contribution is -2.55. The predicted molar refractivity (Wildman–Crippen MR) is 118 cm³/mol. The van der Waals surface area contributed by atoms with E-state index in [4.69, 9.17) is 11.6 Å². The minimum absolute atomic E-state index is 0.0106. The van der Waals surface area contributed by atoms with Crippen molar-refractivity contribution in [3.05, 3.63) is 28.3 Å². The number of piperazine rings is 1. The molecule has 1 N–H and O–H groups in total. The molecular weight excluding hydrogens is 410 g/mol. The summed E-state index contributed by atoms with van der Waals surface area (Å²) in [5.41, 5.74) is 2.50. The van der Waals surface area contributed by atoms with E-state index in [2.05, 4.69) is 9.62 Å². The van der Waals surface area contributed by atoms with Gasteiger partial charge in [0.1, 0.15) is 0 Å². The molecule has 29 heavy (non-hydrogen) atoms. The van der Waals surface area contributed by atoms with Gasteiger partial charge < -0.3 is 4.90 Å². The van der Waals surface area contributed by atoms with Gasteiger partial charge in [0.05, 0.1) is 11.4 Å². The normalized spacial score (nSPS) is 25.2. The van der Waals surface area contributed by atoms with Crippen molar-refractivity contribution < 1.29 is 13.2 Å². The molecule has 2 heterocycles. The Balaban J connectivity index is 1.90. The first-order valence-electron chi connectivity index (χ1n) is 10.5. The molecule has 2 aliphatic rings. The average Bonchev–Trinajstić information content (AvgIpc) is 2.63. The maximum atomic E-state index is 12.7. The molecule has 0 spiro atoms. The molecule has 0 aromatic heterocycles. The molecule has 2 aliphatic heterocycles. The molecular formula is C21H32ClN3O3S. The molecule has 6 nitrogen and oxygen atoms in total. The van der Waals surface area contributed by atoms with E-state index in [-0.39, 0.29) is 23.6 Å². The van der Waals surface area contributed by atoms with Gasteiger partial charge in [-0.05, 0) is 43.0 Å². The number of sulfonamides is 1. The molecule has 0 saturated carbocycles. The smallest absolute Gasteiger partial charge is 0.232 e. The van der Waals surface area contributed by atoms with Gasteiger partial charge in [-0.25, -0.2) is 8.42 Å². The van der Waals surface area contributed by atoms with Crippen LogP contribution in [0.25, 0.3) is 0 Å². The second-order valence-corrected chi connectivity index (χ2v) is 10.9. The number of hydrogen-bond donors (Lipinski definition) is 1. The number of halogens is 1. The zero-order valence-corrected chi connectivity index (χ0v) is 19.2. The van der Waals surface area contributed by atoms with Crippen LogP contribution in [0, 0.1) is 12.8 Å². The molecule has 1 fully saturated rings. The zero-order chi connectivity index (χ0) is 21.2. The van der Waals surface area contributed by atoms with E-state index < -0.39 is 10.0 Å².